The molecule has 0 aliphatic rings. The van der Waals surface area contributed by atoms with Crippen molar-refractivity contribution in [3.05, 3.63) is 10.7 Å². The van der Waals surface area contributed by atoms with Crippen LogP contribution in [0.1, 0.15) is 13.8 Å². The number of likely N-dealkylation sites (N-methyl/N-ethyl adjacent to an activating group) is 1. The maximum Gasteiger partial charge on any atom is 0.232 e. The molecule has 0 radical (unpaired) electrons. The molecule has 0 saturated heterocycles. The molecule has 6 heteroatoms. The molecular formula is C11H19BrN4O. The largest absolute Gasteiger partial charge is 0.480 e. The molecule has 1 aromatic rings. The van der Waals surface area contributed by atoms with Gasteiger partial charge in [0.25, 0.3) is 0 Å². The molecule has 5 nitrogen and oxygen atoms in total. The standard InChI is InChI=1S/C11H19BrN4O/c1-8(2)16(3)6-5-13-11-14-7-9(12)10(15-11)17-4/h7-8H,5-6H2,1-4H3,(H,13,14,15). The molecule has 0 fully saturated rings. The minimum atomic E-state index is 0.539. The number of nitrogens with zero attached hydrogens (tertiary/aromatic N) is 3. The van der Waals surface area contributed by atoms with Gasteiger partial charge in [-0.15, -0.1) is 0 Å². The fraction of sp³-hybridized carbons (Fsp3) is 0.636. The smallest absolute Gasteiger partial charge is 0.232 e. The van der Waals surface area contributed by atoms with Crippen molar-refractivity contribution in [3.63, 3.8) is 0 Å². The summed E-state index contributed by atoms with van der Waals surface area (Å²) >= 11 is 3.32. The van der Waals surface area contributed by atoms with E-state index >= 15 is 0 Å². The summed E-state index contributed by atoms with van der Waals surface area (Å²) in [6, 6.07) is 0.539. The summed E-state index contributed by atoms with van der Waals surface area (Å²) in [4.78, 5) is 10.6. The molecule has 17 heavy (non-hydrogen) atoms. The highest BCUT2D eigenvalue weighted by Crippen LogP contribution is 2.21. The molecule has 0 aromatic carbocycles. The van der Waals surface area contributed by atoms with Crippen LogP contribution in [0.15, 0.2) is 10.7 Å². The second-order valence-corrected chi connectivity index (χ2v) is 4.91. The fourth-order valence-corrected chi connectivity index (χ4v) is 1.53. The van der Waals surface area contributed by atoms with Gasteiger partial charge in [-0.1, -0.05) is 0 Å². The Morgan fingerprint density at radius 1 is 1.53 bits per heavy atom. The molecule has 1 rings (SSSR count). The summed E-state index contributed by atoms with van der Waals surface area (Å²) in [5, 5.41) is 3.17. The summed E-state index contributed by atoms with van der Waals surface area (Å²) in [7, 11) is 3.68. The number of ether oxygens (including phenoxy) is 1. The monoisotopic (exact) mass is 302 g/mol. The van der Waals surface area contributed by atoms with Gasteiger partial charge < -0.3 is 15.0 Å². The zero-order valence-electron chi connectivity index (χ0n) is 10.7. The third-order valence-corrected chi connectivity index (χ3v) is 3.08. The van der Waals surface area contributed by atoms with E-state index in [1.54, 1.807) is 13.3 Å². The summed E-state index contributed by atoms with van der Waals surface area (Å²) in [6.07, 6.45) is 1.68. The molecule has 0 unspecified atom stereocenters. The van der Waals surface area contributed by atoms with E-state index in [-0.39, 0.29) is 0 Å². The number of methoxy groups -OCH3 is 1. The molecule has 1 aromatic heterocycles. The van der Waals surface area contributed by atoms with E-state index in [1.807, 2.05) is 0 Å². The highest BCUT2D eigenvalue weighted by atomic mass is 79.9. The lowest BCUT2D eigenvalue weighted by Crippen LogP contribution is -2.31. The third-order valence-electron chi connectivity index (χ3n) is 2.53. The van der Waals surface area contributed by atoms with Gasteiger partial charge in [-0.3, -0.25) is 0 Å². The number of rotatable bonds is 6. The van der Waals surface area contributed by atoms with Gasteiger partial charge >= 0.3 is 0 Å². The molecule has 96 valence electrons. The van der Waals surface area contributed by atoms with Crippen LogP contribution in [-0.4, -0.2) is 48.2 Å². The molecule has 0 saturated carbocycles. The van der Waals surface area contributed by atoms with Gasteiger partial charge in [-0.05, 0) is 36.8 Å². The average molecular weight is 303 g/mol. The first-order valence-corrected chi connectivity index (χ1v) is 6.34. The molecule has 0 aliphatic heterocycles. The van der Waals surface area contributed by atoms with Crippen molar-refractivity contribution in [3.8, 4) is 5.88 Å². The van der Waals surface area contributed by atoms with Crippen molar-refractivity contribution in [2.75, 3.05) is 32.6 Å². The van der Waals surface area contributed by atoms with Crippen LogP contribution in [0.2, 0.25) is 0 Å². The number of hydrogen-bond donors (Lipinski definition) is 1. The Labute approximate surface area is 111 Å². The lowest BCUT2D eigenvalue weighted by atomic mass is 10.3. The van der Waals surface area contributed by atoms with Gasteiger partial charge in [0.2, 0.25) is 11.8 Å². The van der Waals surface area contributed by atoms with E-state index in [0.29, 0.717) is 17.9 Å². The van der Waals surface area contributed by atoms with Gasteiger partial charge in [0.05, 0.1) is 17.8 Å². The van der Waals surface area contributed by atoms with E-state index < -0.39 is 0 Å². The van der Waals surface area contributed by atoms with Crippen LogP contribution in [0.3, 0.4) is 0 Å². The Kier molecular flexibility index (Phi) is 5.64. The van der Waals surface area contributed by atoms with Crippen LogP contribution in [0, 0.1) is 0 Å². The highest BCUT2D eigenvalue weighted by molar-refractivity contribution is 9.10. The fourth-order valence-electron chi connectivity index (χ4n) is 1.18. The molecule has 1 N–H and O–H groups in total. The summed E-state index contributed by atoms with van der Waals surface area (Å²) < 4.78 is 5.86. The number of hydrogen-bond acceptors (Lipinski definition) is 5. The molecule has 1 heterocycles. The summed E-state index contributed by atoms with van der Waals surface area (Å²) in [5.74, 6) is 1.13. The second-order valence-electron chi connectivity index (χ2n) is 4.05. The van der Waals surface area contributed by atoms with E-state index in [9.17, 15) is 0 Å². The Morgan fingerprint density at radius 2 is 2.24 bits per heavy atom. The lowest BCUT2D eigenvalue weighted by Gasteiger charge is -2.20. The zero-order valence-corrected chi connectivity index (χ0v) is 12.3. The van der Waals surface area contributed by atoms with Crippen LogP contribution in [0.4, 0.5) is 5.95 Å². The average Bonchev–Trinajstić information content (AvgIpc) is 2.31. The molecule has 0 atom stereocenters. The number of nitrogens with one attached hydrogen (secondary N) is 1. The van der Waals surface area contributed by atoms with Crippen molar-refractivity contribution in [1.82, 2.24) is 14.9 Å². The first-order chi connectivity index (χ1) is 8.04. The van der Waals surface area contributed by atoms with E-state index in [0.717, 1.165) is 17.6 Å². The van der Waals surface area contributed by atoms with E-state index in [2.05, 4.69) is 57.0 Å². The minimum Gasteiger partial charge on any atom is -0.480 e. The Hall–Kier alpha value is -0.880. The molecule has 0 bridgehead atoms. The van der Waals surface area contributed by atoms with Gasteiger partial charge in [-0.25, -0.2) is 4.98 Å². The Morgan fingerprint density at radius 3 is 2.82 bits per heavy atom. The Balaban J connectivity index is 2.47. The predicted octanol–water partition coefficient (Wildman–Crippen LogP) is 2.00. The molecule has 0 amide bonds. The van der Waals surface area contributed by atoms with Crippen LogP contribution in [0.25, 0.3) is 0 Å². The van der Waals surface area contributed by atoms with Crippen molar-refractivity contribution < 1.29 is 4.74 Å². The first kappa shape index (κ1) is 14.2. The molecule has 0 aliphatic carbocycles. The van der Waals surface area contributed by atoms with Crippen LogP contribution in [-0.2, 0) is 0 Å². The quantitative estimate of drug-likeness (QED) is 0.871. The van der Waals surface area contributed by atoms with Crippen molar-refractivity contribution in [1.29, 1.82) is 0 Å². The highest BCUT2D eigenvalue weighted by Gasteiger charge is 2.06. The van der Waals surface area contributed by atoms with Crippen LogP contribution < -0.4 is 10.1 Å². The van der Waals surface area contributed by atoms with Crippen molar-refractivity contribution in [2.24, 2.45) is 0 Å². The third kappa shape index (κ3) is 4.47. The Bertz CT molecular complexity index is 359. The van der Waals surface area contributed by atoms with E-state index in [1.165, 1.54) is 0 Å². The molecular weight excluding hydrogens is 284 g/mol. The maximum atomic E-state index is 5.10. The summed E-state index contributed by atoms with van der Waals surface area (Å²) in [6.45, 7) is 6.08. The minimum absolute atomic E-state index is 0.539. The van der Waals surface area contributed by atoms with Gasteiger partial charge in [0, 0.05) is 19.1 Å². The van der Waals surface area contributed by atoms with E-state index in [4.69, 9.17) is 4.74 Å². The maximum absolute atomic E-state index is 5.10. The van der Waals surface area contributed by atoms with Gasteiger partial charge in [0.15, 0.2) is 0 Å². The topological polar surface area (TPSA) is 50.3 Å². The number of aromatic nitrogens is 2. The number of halogens is 1. The predicted molar refractivity (Wildman–Crippen MR) is 72.5 cm³/mol. The van der Waals surface area contributed by atoms with Crippen molar-refractivity contribution >= 4 is 21.9 Å². The normalized spacial score (nSPS) is 11.0. The zero-order chi connectivity index (χ0) is 12.8. The van der Waals surface area contributed by atoms with Gasteiger partial charge in [0.1, 0.15) is 0 Å². The lowest BCUT2D eigenvalue weighted by molar-refractivity contribution is 0.284. The van der Waals surface area contributed by atoms with Crippen molar-refractivity contribution in [2.45, 2.75) is 19.9 Å². The number of anilines is 1. The van der Waals surface area contributed by atoms with Gasteiger partial charge in [-0.2, -0.15) is 4.98 Å². The summed E-state index contributed by atoms with van der Waals surface area (Å²) in [5.41, 5.74) is 0. The SMILES string of the molecule is COc1nc(NCCN(C)C(C)C)ncc1Br. The van der Waals surface area contributed by atoms with Crippen LogP contribution >= 0.6 is 15.9 Å². The first-order valence-electron chi connectivity index (χ1n) is 5.55. The molecule has 0 spiro atoms. The second kappa shape index (κ2) is 6.76. The van der Waals surface area contributed by atoms with Crippen LogP contribution in [0.5, 0.6) is 5.88 Å².